The Hall–Kier alpha value is -8.26. The predicted octanol–water partition coefficient (Wildman–Crippen LogP) is 5.59. The average molecular weight is 1020 g/mol. The normalized spacial score (nSPS) is 18.6. The molecule has 4 aliphatic rings. The van der Waals surface area contributed by atoms with E-state index in [4.69, 9.17) is 15.2 Å². The van der Waals surface area contributed by atoms with Crippen molar-refractivity contribution in [3.05, 3.63) is 131 Å². The Morgan fingerprint density at radius 2 is 1.05 bits per heavy atom. The molecule has 0 saturated carbocycles. The number of carbonyl (C=O) groups excluding carboxylic acids is 7. The number of H-pyrrole nitrogens is 2. The van der Waals surface area contributed by atoms with Crippen LogP contribution in [0.2, 0.25) is 0 Å². The van der Waals surface area contributed by atoms with E-state index in [1.807, 2.05) is 72.8 Å². The van der Waals surface area contributed by atoms with Gasteiger partial charge in [0.1, 0.15) is 23.6 Å². The van der Waals surface area contributed by atoms with Gasteiger partial charge in [0, 0.05) is 71.4 Å². The van der Waals surface area contributed by atoms with Crippen molar-refractivity contribution in [2.24, 2.45) is 41.2 Å². The first-order chi connectivity index (χ1) is 36.3. The Labute approximate surface area is 434 Å². The van der Waals surface area contributed by atoms with E-state index >= 15 is 0 Å². The van der Waals surface area contributed by atoms with Crippen molar-refractivity contribution >= 4 is 62.9 Å². The molecule has 5 amide bonds. The number of aromatic amines is 2. The lowest BCUT2D eigenvalue weighted by molar-refractivity contribution is -0.132. The van der Waals surface area contributed by atoms with E-state index in [9.17, 15) is 38.8 Å². The number of nitrogens with zero attached hydrogens (tertiary/aromatic N) is 1. The molecule has 75 heavy (non-hydrogen) atoms. The molecule has 2 aliphatic heterocycles. The molecule has 4 heterocycles. The Bertz CT molecular complexity index is 3160. The summed E-state index contributed by atoms with van der Waals surface area (Å²) in [5.74, 6) is -2.82. The minimum absolute atomic E-state index is 0.0156. The summed E-state index contributed by atoms with van der Waals surface area (Å²) < 4.78 is 10.8. The topological polar surface area (TPSA) is 267 Å². The highest BCUT2D eigenvalue weighted by Gasteiger charge is 2.39. The first-order valence-corrected chi connectivity index (χ1v) is 25.7. The molecule has 0 unspecified atom stereocenters. The molecule has 0 bridgehead atoms. The highest BCUT2D eigenvalue weighted by molar-refractivity contribution is 6.04. The number of hydrogen-bond acceptors (Lipinski definition) is 10. The van der Waals surface area contributed by atoms with Crippen LogP contribution < -0.4 is 36.5 Å². The maximum Gasteiger partial charge on any atom is 0.240 e. The second-order valence-corrected chi connectivity index (χ2v) is 20.2. The van der Waals surface area contributed by atoms with E-state index in [0.29, 0.717) is 74.5 Å². The van der Waals surface area contributed by atoms with Crippen LogP contribution in [-0.4, -0.2) is 90.5 Å². The van der Waals surface area contributed by atoms with Gasteiger partial charge in [-0.05, 0) is 122 Å². The first kappa shape index (κ1) is 51.6. The maximum absolute atomic E-state index is 13.7. The molecular weight excluding hydrogens is 953 g/mol. The highest BCUT2D eigenvalue weighted by atomic mass is 16.5. The summed E-state index contributed by atoms with van der Waals surface area (Å²) in [5, 5.41) is 22.5. The lowest BCUT2D eigenvalue weighted by Gasteiger charge is -2.25. The molecule has 8 N–H and O–H groups in total. The number of rotatable bonds is 19. The van der Waals surface area contributed by atoms with Crippen LogP contribution in [0.1, 0.15) is 81.8 Å². The molecule has 17 heteroatoms. The number of ether oxygens (including phenoxy) is 2. The summed E-state index contributed by atoms with van der Waals surface area (Å²) in [6, 6.07) is 31.1. The SMILES string of the molecule is COc1cccc2[nH]c(C(=O)C[C@H](C(=O)N[C@@H](C[C@@H]3CCNC3=O)C(N)=O)C3Cc4ccccc4C3)cc12.COc1cccc2[nH]c(C(=O)C[C@H](C(=O)N[C@H](C#N)C[C@@H]3CCNC3=O)C3Cc4ccccc4C3)cc12. The number of methoxy groups -OCH3 is 2. The van der Waals surface area contributed by atoms with Crippen molar-refractivity contribution in [3.8, 4) is 17.6 Å². The summed E-state index contributed by atoms with van der Waals surface area (Å²) in [5.41, 5.74) is 12.7. The molecule has 6 aromatic rings. The molecule has 0 radical (unpaired) electrons. The van der Waals surface area contributed by atoms with E-state index in [1.165, 1.54) is 11.1 Å². The summed E-state index contributed by atoms with van der Waals surface area (Å²) in [7, 11) is 3.16. The maximum atomic E-state index is 13.7. The molecule has 2 aromatic heterocycles. The zero-order chi connectivity index (χ0) is 52.8. The predicted molar refractivity (Wildman–Crippen MR) is 279 cm³/mol. The van der Waals surface area contributed by atoms with Crippen molar-refractivity contribution in [1.82, 2.24) is 31.2 Å². The largest absolute Gasteiger partial charge is 0.496 e. The number of nitrogens with two attached hydrogens (primary N) is 1. The highest BCUT2D eigenvalue weighted by Crippen LogP contribution is 2.37. The van der Waals surface area contributed by atoms with Gasteiger partial charge in [0.05, 0.1) is 31.7 Å². The molecule has 6 atom stereocenters. The fraction of sp³-hybridized carbons (Fsp3) is 0.379. The third kappa shape index (κ3) is 11.6. The molecule has 2 fully saturated rings. The Kier molecular flexibility index (Phi) is 15.8. The number of nitrogens with one attached hydrogen (secondary N) is 6. The van der Waals surface area contributed by atoms with E-state index in [-0.39, 0.29) is 78.6 Å². The third-order valence-electron chi connectivity index (χ3n) is 15.6. The number of benzene rings is 4. The fourth-order valence-corrected chi connectivity index (χ4v) is 11.5. The van der Waals surface area contributed by atoms with Gasteiger partial charge < -0.3 is 46.4 Å². The van der Waals surface area contributed by atoms with Crippen LogP contribution in [0.3, 0.4) is 0 Å². The molecule has 2 saturated heterocycles. The number of hydrogen-bond donors (Lipinski definition) is 7. The van der Waals surface area contributed by atoms with Crippen molar-refractivity contribution in [2.75, 3.05) is 27.3 Å². The minimum Gasteiger partial charge on any atom is -0.496 e. The Morgan fingerprint density at radius 1 is 0.627 bits per heavy atom. The van der Waals surface area contributed by atoms with E-state index in [1.54, 1.807) is 26.4 Å². The molecule has 388 valence electrons. The van der Waals surface area contributed by atoms with Gasteiger partial charge in [-0.2, -0.15) is 5.26 Å². The molecule has 0 spiro atoms. The third-order valence-corrected chi connectivity index (χ3v) is 15.6. The second kappa shape index (κ2) is 22.9. The van der Waals surface area contributed by atoms with Gasteiger partial charge in [0.2, 0.25) is 29.5 Å². The number of primary amides is 1. The molecule has 17 nitrogen and oxygen atoms in total. The minimum atomic E-state index is -0.991. The van der Waals surface area contributed by atoms with Crippen molar-refractivity contribution < 1.29 is 43.0 Å². The first-order valence-electron chi connectivity index (χ1n) is 25.7. The van der Waals surface area contributed by atoms with Gasteiger partial charge in [-0.1, -0.05) is 60.7 Å². The smallest absolute Gasteiger partial charge is 0.240 e. The standard InChI is InChI=1S/C29H32N4O5.C29H30N4O4/c1-38-26-8-4-7-22-21(26)14-23(32-22)25(34)15-20(19-11-16-5-2-3-6-17(16)12-19)29(37)33-24(27(30)35)13-18-9-10-31-28(18)36;1-37-27-8-4-7-24-23(27)14-25(33-24)26(34)15-22(20-11-17-5-2-3-6-18(17)12-20)29(36)32-21(16-30)13-19-9-10-31-28(19)35/h2-8,14,18-20,24,32H,9-13,15H2,1H3,(H2,30,35)(H,31,36)(H,33,37);2-8,14,19-22,33H,9-13,15H2,1H3,(H,31,35)(H,32,36)/t18-,20-,24-;19-,21-,22-/m00/s1. The van der Waals surface area contributed by atoms with Gasteiger partial charge in [-0.25, -0.2) is 0 Å². The summed E-state index contributed by atoms with van der Waals surface area (Å²) in [6.45, 7) is 1.12. The number of ketones is 2. The fourth-order valence-electron chi connectivity index (χ4n) is 11.5. The summed E-state index contributed by atoms with van der Waals surface area (Å²) in [4.78, 5) is 96.9. The summed E-state index contributed by atoms with van der Waals surface area (Å²) >= 11 is 0. The van der Waals surface area contributed by atoms with Crippen LogP contribution in [0.25, 0.3) is 21.8 Å². The molecule has 4 aromatic carbocycles. The van der Waals surface area contributed by atoms with Crippen molar-refractivity contribution in [2.45, 2.75) is 76.3 Å². The number of aromatic nitrogens is 2. The quantitative estimate of drug-likeness (QED) is 0.0495. The Balaban J connectivity index is 0.000000184. The number of carbonyl (C=O) groups is 7. The van der Waals surface area contributed by atoms with Gasteiger partial charge in [0.15, 0.2) is 11.6 Å². The van der Waals surface area contributed by atoms with Gasteiger partial charge in [0.25, 0.3) is 0 Å². The number of fused-ring (bicyclic) bond motifs is 4. The van der Waals surface area contributed by atoms with E-state index in [0.717, 1.165) is 32.9 Å². The van der Waals surface area contributed by atoms with Crippen LogP contribution in [-0.2, 0) is 49.7 Å². The van der Waals surface area contributed by atoms with E-state index in [2.05, 4.69) is 49.4 Å². The van der Waals surface area contributed by atoms with Crippen LogP contribution in [0.4, 0.5) is 0 Å². The van der Waals surface area contributed by atoms with Crippen LogP contribution >= 0.6 is 0 Å². The number of nitriles is 1. The monoisotopic (exact) mass is 1010 g/mol. The van der Waals surface area contributed by atoms with Gasteiger partial charge in [-0.3, -0.25) is 33.6 Å². The Morgan fingerprint density at radius 3 is 1.44 bits per heavy atom. The lowest BCUT2D eigenvalue weighted by Crippen LogP contribution is -2.49. The van der Waals surface area contributed by atoms with Crippen molar-refractivity contribution in [3.63, 3.8) is 0 Å². The van der Waals surface area contributed by atoms with Crippen LogP contribution in [0.15, 0.2) is 97.1 Å². The van der Waals surface area contributed by atoms with Gasteiger partial charge in [-0.15, -0.1) is 0 Å². The molecular formula is C58H62N8O9. The summed E-state index contributed by atoms with van der Waals surface area (Å²) in [6.07, 6.45) is 4.34. The lowest BCUT2D eigenvalue weighted by atomic mass is 9.84. The van der Waals surface area contributed by atoms with Crippen LogP contribution in [0.5, 0.6) is 11.5 Å². The zero-order valence-electron chi connectivity index (χ0n) is 42.0. The van der Waals surface area contributed by atoms with Crippen molar-refractivity contribution in [1.29, 1.82) is 5.26 Å². The second-order valence-electron chi connectivity index (χ2n) is 20.2. The number of amides is 5. The van der Waals surface area contributed by atoms with Gasteiger partial charge >= 0.3 is 0 Å². The van der Waals surface area contributed by atoms with Crippen LogP contribution in [0, 0.1) is 46.8 Å². The van der Waals surface area contributed by atoms with E-state index < -0.39 is 35.7 Å². The molecule has 2 aliphatic carbocycles. The molecule has 10 rings (SSSR count). The zero-order valence-corrected chi connectivity index (χ0v) is 42.0. The number of Topliss-reactive ketones (excluding diaryl/α,β-unsaturated/α-hetero) is 2. The average Bonchev–Trinajstić information content (AvgIpc) is 4.30.